The maximum atomic E-state index is 3.46. The Bertz CT molecular complexity index is 266. The van der Waals surface area contributed by atoms with Gasteiger partial charge in [-0.3, -0.25) is 0 Å². The molecule has 0 aliphatic carbocycles. The summed E-state index contributed by atoms with van der Waals surface area (Å²) in [5.74, 6) is 0. The van der Waals surface area contributed by atoms with Crippen molar-refractivity contribution in [2.24, 2.45) is 0 Å². The molecule has 1 rings (SSSR count). The van der Waals surface area contributed by atoms with Crippen molar-refractivity contribution in [1.82, 2.24) is 0 Å². The zero-order chi connectivity index (χ0) is 9.68. The highest BCUT2D eigenvalue weighted by molar-refractivity contribution is 9.09. The van der Waals surface area contributed by atoms with Crippen LogP contribution in [-0.2, 0) is 12.8 Å². The zero-order valence-electron chi connectivity index (χ0n) is 8.44. The summed E-state index contributed by atoms with van der Waals surface area (Å²) in [6, 6.07) is 6.84. The van der Waals surface area contributed by atoms with Crippen molar-refractivity contribution in [2.45, 2.75) is 33.1 Å². The molecule has 1 aromatic carbocycles. The second kappa shape index (κ2) is 5.43. The minimum Gasteiger partial charge on any atom is -0.0924 e. The molecule has 0 saturated carbocycles. The van der Waals surface area contributed by atoms with Crippen LogP contribution in [0.3, 0.4) is 0 Å². The Morgan fingerprint density at radius 1 is 1.23 bits per heavy atom. The number of halogens is 1. The standard InChI is InChI=1S/C12H17Br/c1-3-4-12-6-5-11(7-8-13)9-10(12)2/h5-6,9H,3-4,7-8H2,1-2H3. The van der Waals surface area contributed by atoms with Gasteiger partial charge in [0, 0.05) is 5.33 Å². The van der Waals surface area contributed by atoms with E-state index in [1.54, 1.807) is 0 Å². The maximum Gasteiger partial charge on any atom is 0.00718 e. The van der Waals surface area contributed by atoms with Crippen LogP contribution in [0.4, 0.5) is 0 Å². The Kier molecular flexibility index (Phi) is 4.51. The van der Waals surface area contributed by atoms with E-state index in [0.29, 0.717) is 0 Å². The van der Waals surface area contributed by atoms with Gasteiger partial charge in [0.25, 0.3) is 0 Å². The maximum absolute atomic E-state index is 3.46. The van der Waals surface area contributed by atoms with Gasteiger partial charge in [0.2, 0.25) is 0 Å². The van der Waals surface area contributed by atoms with Gasteiger partial charge in [0.15, 0.2) is 0 Å². The third-order valence-corrected chi connectivity index (χ3v) is 2.71. The first-order valence-electron chi connectivity index (χ1n) is 4.92. The minimum atomic E-state index is 1.06. The summed E-state index contributed by atoms with van der Waals surface area (Å²) in [7, 11) is 0. The minimum absolute atomic E-state index is 1.06. The van der Waals surface area contributed by atoms with Crippen LogP contribution in [0.25, 0.3) is 0 Å². The zero-order valence-corrected chi connectivity index (χ0v) is 10.0. The molecule has 1 heteroatoms. The third-order valence-electron chi connectivity index (χ3n) is 2.31. The molecular formula is C12H17Br. The molecule has 1 aromatic rings. The first-order valence-corrected chi connectivity index (χ1v) is 6.04. The molecule has 0 saturated heterocycles. The number of hydrogen-bond acceptors (Lipinski definition) is 0. The first kappa shape index (κ1) is 10.8. The van der Waals surface area contributed by atoms with Gasteiger partial charge in [0.1, 0.15) is 0 Å². The lowest BCUT2D eigenvalue weighted by Gasteiger charge is -2.06. The van der Waals surface area contributed by atoms with Gasteiger partial charge >= 0.3 is 0 Å². The smallest absolute Gasteiger partial charge is 0.00718 e. The SMILES string of the molecule is CCCc1ccc(CCBr)cc1C. The molecule has 0 heterocycles. The van der Waals surface area contributed by atoms with Crippen LogP contribution in [0.2, 0.25) is 0 Å². The summed E-state index contributed by atoms with van der Waals surface area (Å²) in [5, 5.41) is 1.06. The second-order valence-corrected chi connectivity index (χ2v) is 4.24. The van der Waals surface area contributed by atoms with E-state index < -0.39 is 0 Å². The van der Waals surface area contributed by atoms with Gasteiger partial charge in [-0.15, -0.1) is 0 Å². The quantitative estimate of drug-likeness (QED) is 0.701. The van der Waals surface area contributed by atoms with Crippen molar-refractivity contribution in [3.05, 3.63) is 34.9 Å². The van der Waals surface area contributed by atoms with Crippen LogP contribution in [0, 0.1) is 6.92 Å². The highest BCUT2D eigenvalue weighted by Crippen LogP contribution is 2.13. The third kappa shape index (κ3) is 3.15. The molecule has 0 bridgehead atoms. The van der Waals surface area contributed by atoms with Crippen LogP contribution < -0.4 is 0 Å². The van der Waals surface area contributed by atoms with Gasteiger partial charge in [-0.25, -0.2) is 0 Å². The summed E-state index contributed by atoms with van der Waals surface area (Å²) < 4.78 is 0. The van der Waals surface area contributed by atoms with E-state index >= 15 is 0 Å². The van der Waals surface area contributed by atoms with Crippen molar-refractivity contribution < 1.29 is 0 Å². The summed E-state index contributed by atoms with van der Waals surface area (Å²) in [6.45, 7) is 4.44. The van der Waals surface area contributed by atoms with E-state index in [4.69, 9.17) is 0 Å². The number of benzene rings is 1. The normalized spacial score (nSPS) is 10.4. The van der Waals surface area contributed by atoms with E-state index in [1.165, 1.54) is 29.5 Å². The Labute approximate surface area is 89.5 Å². The van der Waals surface area contributed by atoms with Crippen molar-refractivity contribution in [2.75, 3.05) is 5.33 Å². The fourth-order valence-corrected chi connectivity index (χ4v) is 2.03. The highest BCUT2D eigenvalue weighted by Gasteiger charge is 1.98. The predicted octanol–water partition coefficient (Wildman–Crippen LogP) is 3.88. The van der Waals surface area contributed by atoms with Crippen LogP contribution in [0.15, 0.2) is 18.2 Å². The van der Waals surface area contributed by atoms with Crippen molar-refractivity contribution in [3.63, 3.8) is 0 Å². The average molecular weight is 241 g/mol. The van der Waals surface area contributed by atoms with Crippen LogP contribution >= 0.6 is 15.9 Å². The fourth-order valence-electron chi connectivity index (χ4n) is 1.57. The monoisotopic (exact) mass is 240 g/mol. The molecule has 0 unspecified atom stereocenters. The van der Waals surface area contributed by atoms with Gasteiger partial charge in [-0.2, -0.15) is 0 Å². The van der Waals surface area contributed by atoms with E-state index in [9.17, 15) is 0 Å². The summed E-state index contributed by atoms with van der Waals surface area (Å²) in [6.07, 6.45) is 3.58. The van der Waals surface area contributed by atoms with Gasteiger partial charge < -0.3 is 0 Å². The molecule has 0 aliphatic rings. The Morgan fingerprint density at radius 3 is 2.54 bits per heavy atom. The highest BCUT2D eigenvalue weighted by atomic mass is 79.9. The number of hydrogen-bond donors (Lipinski definition) is 0. The lowest BCUT2D eigenvalue weighted by molar-refractivity contribution is 0.910. The van der Waals surface area contributed by atoms with E-state index in [0.717, 1.165) is 11.8 Å². The average Bonchev–Trinajstić information content (AvgIpc) is 2.10. The molecular weight excluding hydrogens is 224 g/mol. The molecule has 0 aromatic heterocycles. The fraction of sp³-hybridized carbons (Fsp3) is 0.500. The van der Waals surface area contributed by atoms with E-state index in [1.807, 2.05) is 0 Å². The molecule has 0 atom stereocenters. The Balaban J connectivity index is 2.79. The van der Waals surface area contributed by atoms with Crippen molar-refractivity contribution >= 4 is 15.9 Å². The number of rotatable bonds is 4. The number of aryl methyl sites for hydroxylation is 3. The molecule has 0 radical (unpaired) electrons. The molecule has 0 fully saturated rings. The van der Waals surface area contributed by atoms with Gasteiger partial charge in [-0.05, 0) is 36.5 Å². The second-order valence-electron chi connectivity index (χ2n) is 3.45. The van der Waals surface area contributed by atoms with Crippen LogP contribution in [0.1, 0.15) is 30.0 Å². The molecule has 13 heavy (non-hydrogen) atoms. The lowest BCUT2D eigenvalue weighted by Crippen LogP contribution is -1.92. The van der Waals surface area contributed by atoms with Crippen molar-refractivity contribution in [3.8, 4) is 0 Å². The molecule has 0 nitrogen and oxygen atoms in total. The summed E-state index contributed by atoms with van der Waals surface area (Å²) in [5.41, 5.74) is 4.38. The van der Waals surface area contributed by atoms with Crippen molar-refractivity contribution in [1.29, 1.82) is 0 Å². The van der Waals surface area contributed by atoms with Crippen LogP contribution in [0.5, 0.6) is 0 Å². The molecule has 0 amide bonds. The van der Waals surface area contributed by atoms with E-state index in [2.05, 4.69) is 48.0 Å². The molecule has 0 aliphatic heterocycles. The summed E-state index contributed by atoms with van der Waals surface area (Å²) in [4.78, 5) is 0. The number of alkyl halides is 1. The lowest BCUT2D eigenvalue weighted by atomic mass is 10.0. The van der Waals surface area contributed by atoms with Gasteiger partial charge in [0.05, 0.1) is 0 Å². The largest absolute Gasteiger partial charge is 0.0924 e. The predicted molar refractivity (Wildman–Crippen MR) is 62.7 cm³/mol. The molecule has 0 N–H and O–H groups in total. The Morgan fingerprint density at radius 2 is 2.00 bits per heavy atom. The van der Waals surface area contributed by atoms with E-state index in [-0.39, 0.29) is 0 Å². The van der Waals surface area contributed by atoms with Crippen LogP contribution in [-0.4, -0.2) is 5.33 Å². The molecule has 72 valence electrons. The first-order chi connectivity index (χ1) is 6.27. The van der Waals surface area contributed by atoms with Gasteiger partial charge in [-0.1, -0.05) is 47.5 Å². The summed E-state index contributed by atoms with van der Waals surface area (Å²) >= 11 is 3.46. The Hall–Kier alpha value is -0.300. The molecule has 0 spiro atoms. The topological polar surface area (TPSA) is 0 Å².